The highest BCUT2D eigenvalue weighted by atomic mass is 16.7. The van der Waals surface area contributed by atoms with Gasteiger partial charge in [-0.05, 0) is 38.7 Å². The molecular weight excluding hydrogens is 554 g/mol. The van der Waals surface area contributed by atoms with Gasteiger partial charge in [0.05, 0.1) is 30.4 Å². The topological polar surface area (TPSA) is 243 Å². The summed E-state index contributed by atoms with van der Waals surface area (Å²) >= 11 is 0. The van der Waals surface area contributed by atoms with Gasteiger partial charge < -0.3 is 71.9 Å². The van der Waals surface area contributed by atoms with Crippen LogP contribution in [0.3, 0.4) is 0 Å². The molecule has 0 aromatic heterocycles. The van der Waals surface area contributed by atoms with Crippen LogP contribution in [-0.2, 0) is 23.7 Å². The zero-order chi connectivity index (χ0) is 30.3. The van der Waals surface area contributed by atoms with Gasteiger partial charge in [0.1, 0.15) is 30.2 Å². The fraction of sp³-hybridized carbons (Fsp3) is 0.889. The maximum absolute atomic E-state index is 12.9. The van der Waals surface area contributed by atoms with Gasteiger partial charge in [-0.1, -0.05) is 0 Å². The van der Waals surface area contributed by atoms with Crippen LogP contribution in [0.1, 0.15) is 45.4 Å². The summed E-state index contributed by atoms with van der Waals surface area (Å²) in [7, 11) is 0. The maximum atomic E-state index is 12.9. The molecule has 2 saturated carbocycles. The molecule has 3 aliphatic heterocycles. The number of aliphatic hydroxyl groups excluding tert-OH is 2. The molecular formula is C27H47N5O10. The number of aliphatic hydroxyl groups is 5. The van der Waals surface area contributed by atoms with Crippen LogP contribution in [0.5, 0.6) is 0 Å². The van der Waals surface area contributed by atoms with Crippen molar-refractivity contribution in [2.24, 2.45) is 11.5 Å². The van der Waals surface area contributed by atoms with Crippen molar-refractivity contribution in [3.8, 4) is 0 Å². The van der Waals surface area contributed by atoms with Gasteiger partial charge in [0, 0.05) is 44.6 Å². The minimum absolute atomic E-state index is 0.00830. The molecule has 9 atom stereocenters. The Morgan fingerprint density at radius 1 is 1.14 bits per heavy atom. The number of β-amino-alcohol motifs (C(OH)–C–C–N with tert-alkyl or cyclic N) is 1. The third-order valence-corrected chi connectivity index (χ3v) is 8.81. The molecule has 4 fully saturated rings. The Kier molecular flexibility index (Phi) is 9.50. The molecule has 5 aliphatic rings. The van der Waals surface area contributed by atoms with Crippen LogP contribution in [-0.4, -0.2) is 136 Å². The predicted molar refractivity (Wildman–Crippen MR) is 146 cm³/mol. The summed E-state index contributed by atoms with van der Waals surface area (Å²) in [6.45, 7) is 2.40. The van der Waals surface area contributed by atoms with Crippen LogP contribution in [0.25, 0.3) is 0 Å². The Balaban J connectivity index is 1.21. The van der Waals surface area contributed by atoms with E-state index in [4.69, 9.17) is 30.4 Å². The Morgan fingerprint density at radius 2 is 1.88 bits per heavy atom. The van der Waals surface area contributed by atoms with E-state index in [0.717, 1.165) is 0 Å². The second-order valence-corrected chi connectivity index (χ2v) is 13.0. The molecule has 0 spiro atoms. The lowest BCUT2D eigenvalue weighted by Crippen LogP contribution is -2.71. The number of hydrogen-bond donors (Lipinski definition) is 10. The van der Waals surface area contributed by atoms with Crippen LogP contribution in [0.15, 0.2) is 11.8 Å². The van der Waals surface area contributed by atoms with E-state index in [2.05, 4.69) is 16.0 Å². The summed E-state index contributed by atoms with van der Waals surface area (Å²) in [6, 6.07) is -1.54. The summed E-state index contributed by atoms with van der Waals surface area (Å²) in [5, 5.41) is 62.1. The Bertz CT molecular complexity index is 990. The van der Waals surface area contributed by atoms with Crippen LogP contribution < -0.4 is 27.4 Å². The molecule has 15 nitrogen and oxygen atoms in total. The molecule has 1 amide bonds. The number of allylic oxidation sites excluding steroid dienone is 1. The first-order valence-electron chi connectivity index (χ1n) is 14.8. The molecule has 0 aromatic carbocycles. The fourth-order valence-electron chi connectivity index (χ4n) is 6.35. The molecule has 5 rings (SSSR count). The highest BCUT2D eigenvalue weighted by Gasteiger charge is 2.51. The number of ether oxygens (including phenoxy) is 4. The lowest BCUT2D eigenvalue weighted by atomic mass is 9.76. The molecule has 0 radical (unpaired) electrons. The van der Waals surface area contributed by atoms with E-state index < -0.39 is 71.8 Å². The molecule has 15 heteroatoms. The van der Waals surface area contributed by atoms with E-state index in [1.54, 1.807) is 0 Å². The second-order valence-electron chi connectivity index (χ2n) is 13.0. The molecule has 3 heterocycles. The number of amides is 1. The van der Waals surface area contributed by atoms with Crippen molar-refractivity contribution in [2.75, 3.05) is 32.8 Å². The molecule has 0 aromatic rings. The van der Waals surface area contributed by atoms with Crippen molar-refractivity contribution in [3.05, 3.63) is 11.8 Å². The number of hydrogen-bond acceptors (Lipinski definition) is 14. The predicted octanol–water partition coefficient (Wildman–Crippen LogP) is -4.01. The smallest absolute Gasteiger partial charge is 0.254 e. The molecule has 42 heavy (non-hydrogen) atoms. The standard InChI is InChI=1S/C27H47N5O10/c1-25(36)8-18(33)23(39-13-25)42-22-17(32-24(35)27(38)11-31-12-27)5-16(29)21(20(22)34)41-19-4-2-3-15(40-19)9-30-10-26(37)6-14(28)7-26/h3,14,16-23,30-31,33-34,36-38H,2,4-13,28-29H2,1H3,(H,32,35)/t14?,16-,17+,18+,19+,20-,21+,22-,23+,25+,26?/m0/s1. The van der Waals surface area contributed by atoms with Crippen molar-refractivity contribution in [1.29, 1.82) is 0 Å². The highest BCUT2D eigenvalue weighted by molar-refractivity contribution is 5.87. The third kappa shape index (κ3) is 7.25. The SMILES string of the molecule is C[C@]1(O)CO[C@H](O[C@@H]2[C@@H](O)[C@H](O[C@@H]3CCC=C(CNCC4(O)CC(N)C4)O3)[C@@H](N)C[C@H]2NC(=O)C2(O)CNC2)[C@H](O)C1. The molecule has 0 unspecified atom stereocenters. The second kappa shape index (κ2) is 12.5. The zero-order valence-corrected chi connectivity index (χ0v) is 24.0. The molecule has 2 aliphatic carbocycles. The van der Waals surface area contributed by atoms with E-state index in [0.29, 0.717) is 44.5 Å². The fourth-order valence-corrected chi connectivity index (χ4v) is 6.35. The minimum Gasteiger partial charge on any atom is -0.468 e. The van der Waals surface area contributed by atoms with Crippen molar-refractivity contribution in [1.82, 2.24) is 16.0 Å². The third-order valence-electron chi connectivity index (χ3n) is 8.81. The lowest BCUT2D eigenvalue weighted by molar-refractivity contribution is -0.297. The van der Waals surface area contributed by atoms with E-state index in [1.807, 2.05) is 6.08 Å². The van der Waals surface area contributed by atoms with Crippen molar-refractivity contribution >= 4 is 5.91 Å². The van der Waals surface area contributed by atoms with Gasteiger partial charge in [0.25, 0.3) is 5.91 Å². The summed E-state index contributed by atoms with van der Waals surface area (Å²) in [5.74, 6) is 0.0153. The van der Waals surface area contributed by atoms with Crippen LogP contribution in [0, 0.1) is 0 Å². The highest BCUT2D eigenvalue weighted by Crippen LogP contribution is 2.33. The first-order chi connectivity index (χ1) is 19.8. The van der Waals surface area contributed by atoms with E-state index in [1.165, 1.54) is 6.92 Å². The van der Waals surface area contributed by atoms with Crippen LogP contribution in [0.2, 0.25) is 0 Å². The van der Waals surface area contributed by atoms with Gasteiger partial charge in [0.2, 0.25) is 0 Å². The van der Waals surface area contributed by atoms with Gasteiger partial charge in [-0.25, -0.2) is 0 Å². The Hall–Kier alpha value is -1.47. The summed E-state index contributed by atoms with van der Waals surface area (Å²) < 4.78 is 23.8. The summed E-state index contributed by atoms with van der Waals surface area (Å²) in [6.07, 6.45) is -2.16. The average Bonchev–Trinajstić information content (AvgIpc) is 2.87. The molecule has 0 bridgehead atoms. The summed E-state index contributed by atoms with van der Waals surface area (Å²) in [4.78, 5) is 12.9. The van der Waals surface area contributed by atoms with Gasteiger partial charge in [0.15, 0.2) is 18.2 Å². The number of carbonyl (C=O) groups is 1. The molecule has 12 N–H and O–H groups in total. The molecule has 2 saturated heterocycles. The maximum Gasteiger partial charge on any atom is 0.254 e. The van der Waals surface area contributed by atoms with Crippen molar-refractivity contribution in [3.63, 3.8) is 0 Å². The van der Waals surface area contributed by atoms with Gasteiger partial charge >= 0.3 is 0 Å². The minimum atomic E-state index is -1.58. The quantitative estimate of drug-likeness (QED) is 0.115. The van der Waals surface area contributed by atoms with Gasteiger partial charge in [-0.3, -0.25) is 4.79 Å². The normalized spacial score (nSPS) is 45.1. The van der Waals surface area contributed by atoms with E-state index >= 15 is 0 Å². The Labute approximate surface area is 244 Å². The number of rotatable bonds is 10. The first kappa shape index (κ1) is 31.9. The monoisotopic (exact) mass is 601 g/mol. The van der Waals surface area contributed by atoms with E-state index in [9.17, 15) is 30.3 Å². The average molecular weight is 602 g/mol. The van der Waals surface area contributed by atoms with Crippen molar-refractivity contribution < 1.29 is 49.3 Å². The lowest BCUT2D eigenvalue weighted by Gasteiger charge is -2.47. The largest absolute Gasteiger partial charge is 0.468 e. The molecule has 240 valence electrons. The number of nitrogens with one attached hydrogen (secondary N) is 3. The first-order valence-corrected chi connectivity index (χ1v) is 14.8. The van der Waals surface area contributed by atoms with Crippen molar-refractivity contribution in [2.45, 2.75) is 117 Å². The number of carbonyl (C=O) groups excluding carboxylic acids is 1. The Morgan fingerprint density at radius 3 is 2.52 bits per heavy atom. The van der Waals surface area contributed by atoms with E-state index in [-0.39, 0.29) is 38.6 Å². The van der Waals surface area contributed by atoms with Crippen LogP contribution >= 0.6 is 0 Å². The van der Waals surface area contributed by atoms with Gasteiger partial charge in [-0.2, -0.15) is 0 Å². The summed E-state index contributed by atoms with van der Waals surface area (Å²) in [5.41, 5.74) is 8.62. The van der Waals surface area contributed by atoms with Gasteiger partial charge in [-0.15, -0.1) is 0 Å². The van der Waals surface area contributed by atoms with Crippen LogP contribution in [0.4, 0.5) is 0 Å². The zero-order valence-electron chi connectivity index (χ0n) is 24.0. The number of nitrogens with two attached hydrogens (primary N) is 2.